The molecule has 0 radical (unpaired) electrons. The molecule has 0 fully saturated rings. The van der Waals surface area contributed by atoms with E-state index in [9.17, 15) is 4.79 Å². The molecule has 0 bridgehead atoms. The van der Waals surface area contributed by atoms with Crippen molar-refractivity contribution >= 4 is 73.6 Å². The molecule has 8 nitrogen and oxygen atoms in total. The maximum atomic E-state index is 12.6. The second-order valence-corrected chi connectivity index (χ2v) is 10.1. The van der Waals surface area contributed by atoms with E-state index in [-0.39, 0.29) is 22.8 Å². The fraction of sp³-hybridized carbons (Fsp3) is 0. The van der Waals surface area contributed by atoms with E-state index in [0.29, 0.717) is 32.0 Å². The van der Waals surface area contributed by atoms with Crippen LogP contribution in [-0.4, -0.2) is 25.5 Å². The molecule has 0 saturated heterocycles. The van der Waals surface area contributed by atoms with Crippen LogP contribution in [0.15, 0.2) is 72.8 Å². The lowest BCUT2D eigenvalue weighted by Gasteiger charge is -2.12. The number of nitrogens with one attached hydrogen (secondary N) is 1. The number of amides is 1. The SMILES string of the molecule is NC(=O)c1c(Nc2ccc(Cl)cc2)nn2c(-c3ccc(Cl)cc3)c(-c3nc4ccccc4s3)c(N)nc12. The summed E-state index contributed by atoms with van der Waals surface area (Å²) < 4.78 is 2.57. The number of fused-ring (bicyclic) bond motifs is 2. The number of benzene rings is 3. The number of rotatable bonds is 5. The molecule has 0 spiro atoms. The third kappa shape index (κ3) is 4.13. The summed E-state index contributed by atoms with van der Waals surface area (Å²) in [6.07, 6.45) is 0. The van der Waals surface area contributed by atoms with Gasteiger partial charge in [0, 0.05) is 21.3 Å². The van der Waals surface area contributed by atoms with Crippen LogP contribution in [0.1, 0.15) is 10.4 Å². The predicted octanol–water partition coefficient (Wildman–Crippen LogP) is 6.40. The van der Waals surface area contributed by atoms with Crippen LogP contribution in [0.2, 0.25) is 10.0 Å². The van der Waals surface area contributed by atoms with Crippen LogP contribution in [-0.2, 0) is 0 Å². The van der Waals surface area contributed by atoms with Crippen molar-refractivity contribution in [3.8, 4) is 21.8 Å². The fourth-order valence-electron chi connectivity index (χ4n) is 4.11. The Bertz CT molecular complexity index is 1780. The van der Waals surface area contributed by atoms with Crippen LogP contribution >= 0.6 is 34.5 Å². The van der Waals surface area contributed by atoms with Gasteiger partial charge in [0.25, 0.3) is 5.91 Å². The Morgan fingerprint density at radius 3 is 2.27 bits per heavy atom. The van der Waals surface area contributed by atoms with Gasteiger partial charge in [0.15, 0.2) is 11.5 Å². The number of thiazole rings is 1. The first-order chi connectivity index (χ1) is 17.9. The Kier molecular flexibility index (Phi) is 5.68. The van der Waals surface area contributed by atoms with Gasteiger partial charge in [-0.1, -0.05) is 47.5 Å². The molecule has 11 heteroatoms. The zero-order chi connectivity index (χ0) is 25.7. The first kappa shape index (κ1) is 23.2. The van der Waals surface area contributed by atoms with Gasteiger partial charge in [0.05, 0.1) is 21.5 Å². The molecule has 5 N–H and O–H groups in total. The van der Waals surface area contributed by atoms with Crippen molar-refractivity contribution in [1.29, 1.82) is 0 Å². The van der Waals surface area contributed by atoms with Gasteiger partial charge in [-0.3, -0.25) is 4.79 Å². The van der Waals surface area contributed by atoms with E-state index in [0.717, 1.165) is 15.8 Å². The Morgan fingerprint density at radius 2 is 1.59 bits per heavy atom. The monoisotopic (exact) mass is 545 g/mol. The topological polar surface area (TPSA) is 124 Å². The van der Waals surface area contributed by atoms with Crippen LogP contribution in [0.5, 0.6) is 0 Å². The third-order valence-corrected chi connectivity index (χ3v) is 7.33. The summed E-state index contributed by atoms with van der Waals surface area (Å²) in [6.45, 7) is 0. The fourth-order valence-corrected chi connectivity index (χ4v) is 5.39. The summed E-state index contributed by atoms with van der Waals surface area (Å²) in [6, 6.07) is 22.1. The minimum atomic E-state index is -0.701. The highest BCUT2D eigenvalue weighted by Crippen LogP contribution is 2.41. The van der Waals surface area contributed by atoms with Crippen LogP contribution in [0, 0.1) is 0 Å². The Balaban J connectivity index is 1.66. The molecule has 0 aliphatic heterocycles. The zero-order valence-corrected chi connectivity index (χ0v) is 21.3. The van der Waals surface area contributed by atoms with E-state index in [1.54, 1.807) is 40.9 Å². The number of nitrogens with two attached hydrogens (primary N) is 2. The van der Waals surface area contributed by atoms with Crippen molar-refractivity contribution in [2.45, 2.75) is 0 Å². The number of nitrogens with zero attached hydrogens (tertiary/aromatic N) is 4. The molecular formula is C26H17Cl2N7OS. The summed E-state index contributed by atoms with van der Waals surface area (Å²) >= 11 is 13.7. The summed E-state index contributed by atoms with van der Waals surface area (Å²) in [5, 5.41) is 9.70. The lowest BCUT2D eigenvalue weighted by molar-refractivity contribution is 0.100. The molecule has 0 aliphatic rings. The summed E-state index contributed by atoms with van der Waals surface area (Å²) in [7, 11) is 0. The summed E-state index contributed by atoms with van der Waals surface area (Å²) in [5.41, 5.74) is 16.1. The number of carbonyl (C=O) groups excluding carboxylic acids is 1. The van der Waals surface area contributed by atoms with Crippen LogP contribution < -0.4 is 16.8 Å². The predicted molar refractivity (Wildman–Crippen MR) is 150 cm³/mol. The minimum Gasteiger partial charge on any atom is -0.383 e. The van der Waals surface area contributed by atoms with Crippen LogP contribution in [0.25, 0.3) is 37.7 Å². The van der Waals surface area contributed by atoms with E-state index in [4.69, 9.17) is 44.8 Å². The zero-order valence-electron chi connectivity index (χ0n) is 18.9. The molecule has 0 unspecified atom stereocenters. The number of anilines is 3. The molecule has 1 amide bonds. The van der Waals surface area contributed by atoms with Gasteiger partial charge in [0.1, 0.15) is 16.4 Å². The molecule has 182 valence electrons. The van der Waals surface area contributed by atoms with Crippen LogP contribution in [0.4, 0.5) is 17.3 Å². The van der Waals surface area contributed by atoms with Gasteiger partial charge >= 0.3 is 0 Å². The Labute approximate surface area is 224 Å². The van der Waals surface area contributed by atoms with E-state index < -0.39 is 5.91 Å². The quantitative estimate of drug-likeness (QED) is 0.230. The largest absolute Gasteiger partial charge is 0.383 e. The van der Waals surface area contributed by atoms with Crippen molar-refractivity contribution in [3.05, 3.63) is 88.4 Å². The summed E-state index contributed by atoms with van der Waals surface area (Å²) in [5.74, 6) is -0.275. The van der Waals surface area contributed by atoms with Gasteiger partial charge < -0.3 is 16.8 Å². The average Bonchev–Trinajstić information content (AvgIpc) is 3.46. The van der Waals surface area contributed by atoms with Crippen molar-refractivity contribution in [2.75, 3.05) is 11.1 Å². The summed E-state index contributed by atoms with van der Waals surface area (Å²) in [4.78, 5) is 22.0. The van der Waals surface area contributed by atoms with Crippen molar-refractivity contribution < 1.29 is 4.79 Å². The maximum Gasteiger partial charge on any atom is 0.256 e. The number of hydrogen-bond donors (Lipinski definition) is 3. The molecule has 3 aromatic heterocycles. The van der Waals surface area contributed by atoms with E-state index in [1.807, 2.05) is 36.4 Å². The van der Waals surface area contributed by atoms with E-state index in [1.165, 1.54) is 11.3 Å². The number of halogens is 2. The van der Waals surface area contributed by atoms with E-state index in [2.05, 4.69) is 10.3 Å². The number of para-hydroxylation sites is 1. The van der Waals surface area contributed by atoms with Crippen LogP contribution in [0.3, 0.4) is 0 Å². The van der Waals surface area contributed by atoms with Crippen molar-refractivity contribution in [3.63, 3.8) is 0 Å². The second-order valence-electron chi connectivity index (χ2n) is 8.17. The molecule has 3 heterocycles. The number of aromatic nitrogens is 4. The number of nitrogen functional groups attached to an aromatic ring is 1. The number of hydrogen-bond acceptors (Lipinski definition) is 7. The molecule has 0 atom stereocenters. The number of primary amides is 1. The molecule has 6 aromatic rings. The standard InChI is InChI=1S/C26H17Cl2N7OS/c27-14-7-5-13(6-8-14)21-19(26-32-17-3-1-2-4-18(17)37-26)22(29)33-25-20(23(30)36)24(34-35(21)25)31-16-11-9-15(28)10-12-16/h1-12H,(H2,29,33)(H2,30,36)(H,31,34). The Morgan fingerprint density at radius 1 is 0.919 bits per heavy atom. The third-order valence-electron chi connectivity index (χ3n) is 5.77. The first-order valence-electron chi connectivity index (χ1n) is 11.1. The molecule has 0 saturated carbocycles. The molecule has 37 heavy (non-hydrogen) atoms. The van der Waals surface area contributed by atoms with Gasteiger partial charge in [-0.15, -0.1) is 16.4 Å². The highest BCUT2D eigenvalue weighted by atomic mass is 35.5. The molecule has 0 aliphatic carbocycles. The smallest absolute Gasteiger partial charge is 0.256 e. The van der Waals surface area contributed by atoms with Crippen molar-refractivity contribution in [2.24, 2.45) is 5.73 Å². The highest BCUT2D eigenvalue weighted by Gasteiger charge is 2.27. The van der Waals surface area contributed by atoms with Gasteiger partial charge in [-0.25, -0.2) is 14.5 Å². The van der Waals surface area contributed by atoms with Gasteiger partial charge in [-0.05, 0) is 48.5 Å². The first-order valence-corrected chi connectivity index (χ1v) is 12.6. The van der Waals surface area contributed by atoms with E-state index >= 15 is 0 Å². The second kappa shape index (κ2) is 9.04. The Hall–Kier alpha value is -4.18. The molecule has 3 aromatic carbocycles. The average molecular weight is 546 g/mol. The highest BCUT2D eigenvalue weighted by molar-refractivity contribution is 7.21. The lowest BCUT2D eigenvalue weighted by atomic mass is 10.1. The molecule has 6 rings (SSSR count). The number of carbonyl (C=O) groups is 1. The normalized spacial score (nSPS) is 11.3. The maximum absolute atomic E-state index is 12.6. The van der Waals surface area contributed by atoms with Gasteiger partial charge in [0.2, 0.25) is 0 Å². The van der Waals surface area contributed by atoms with Gasteiger partial charge in [-0.2, -0.15) is 0 Å². The van der Waals surface area contributed by atoms with Crippen molar-refractivity contribution in [1.82, 2.24) is 19.6 Å². The molecular weight excluding hydrogens is 529 g/mol. The minimum absolute atomic E-state index is 0.104. The lowest BCUT2D eigenvalue weighted by Crippen LogP contribution is -2.13.